The second-order valence-electron chi connectivity index (χ2n) is 8.26. The summed E-state index contributed by atoms with van der Waals surface area (Å²) in [7, 11) is 2.08. The molecular weight excluding hydrogens is 366 g/mol. The van der Waals surface area contributed by atoms with E-state index >= 15 is 0 Å². The number of nitrogens with one attached hydrogen (secondary N) is 1. The molecule has 0 radical (unpaired) electrons. The molecule has 2 atom stereocenters. The molecule has 0 spiro atoms. The van der Waals surface area contributed by atoms with Gasteiger partial charge in [0.05, 0.1) is 23.9 Å². The molecule has 2 aromatic rings. The minimum atomic E-state index is -0.112. The van der Waals surface area contributed by atoms with Gasteiger partial charge in [-0.25, -0.2) is 4.98 Å². The van der Waals surface area contributed by atoms with Crippen LogP contribution in [0.15, 0.2) is 18.3 Å². The number of pyridine rings is 1. The molecule has 0 saturated carbocycles. The Morgan fingerprint density at radius 3 is 3.10 bits per heavy atom. The maximum Gasteiger partial charge on any atom is 0.231 e. The summed E-state index contributed by atoms with van der Waals surface area (Å²) in [5, 5.41) is 0. The number of nitrogens with zero attached hydrogens (tertiary/aromatic N) is 4. The van der Waals surface area contributed by atoms with E-state index in [0.29, 0.717) is 6.54 Å². The predicted octanol–water partition coefficient (Wildman–Crippen LogP) is 2.66. The molecule has 1 fully saturated rings. The Hall–Kier alpha value is -2.41. The van der Waals surface area contributed by atoms with Gasteiger partial charge >= 0.3 is 0 Å². The normalized spacial score (nSPS) is 21.4. The molecule has 0 bridgehead atoms. The number of aryl methyl sites for hydroxylation is 2. The van der Waals surface area contributed by atoms with Crippen molar-refractivity contribution in [3.05, 3.63) is 41.2 Å². The number of amides is 1. The molecule has 4 rings (SSSR count). The SMILES string of the molecule is CCN(C)Cc1cc(OC2CCN(C(=O)C3CCCc4[nH]c(C)nc43)C2)ccn1. The van der Waals surface area contributed by atoms with Gasteiger partial charge in [0, 0.05) is 37.5 Å². The van der Waals surface area contributed by atoms with Crippen LogP contribution in [0.25, 0.3) is 0 Å². The van der Waals surface area contributed by atoms with Gasteiger partial charge < -0.3 is 19.5 Å². The highest BCUT2D eigenvalue weighted by atomic mass is 16.5. The number of rotatable bonds is 6. The summed E-state index contributed by atoms with van der Waals surface area (Å²) in [6.07, 6.45) is 5.60. The molecule has 1 N–H and O–H groups in total. The first kappa shape index (κ1) is 19.9. The largest absolute Gasteiger partial charge is 0.488 e. The minimum Gasteiger partial charge on any atom is -0.488 e. The summed E-state index contributed by atoms with van der Waals surface area (Å²) in [6.45, 7) is 7.25. The minimum absolute atomic E-state index is 0.0297. The predicted molar refractivity (Wildman–Crippen MR) is 111 cm³/mol. The Morgan fingerprint density at radius 2 is 2.28 bits per heavy atom. The average molecular weight is 398 g/mol. The summed E-state index contributed by atoms with van der Waals surface area (Å²) in [5.41, 5.74) is 3.10. The highest BCUT2D eigenvalue weighted by Gasteiger charge is 2.36. The lowest BCUT2D eigenvalue weighted by atomic mass is 9.89. The van der Waals surface area contributed by atoms with E-state index in [1.807, 2.05) is 24.0 Å². The second kappa shape index (κ2) is 8.53. The number of hydrogen-bond acceptors (Lipinski definition) is 5. The van der Waals surface area contributed by atoms with Crippen LogP contribution in [0.4, 0.5) is 0 Å². The topological polar surface area (TPSA) is 74.3 Å². The van der Waals surface area contributed by atoms with Crippen LogP contribution in [0.3, 0.4) is 0 Å². The van der Waals surface area contributed by atoms with Gasteiger partial charge in [0.1, 0.15) is 17.7 Å². The van der Waals surface area contributed by atoms with Crippen LogP contribution >= 0.6 is 0 Å². The first-order valence-corrected chi connectivity index (χ1v) is 10.7. The third-order valence-corrected chi connectivity index (χ3v) is 6.00. The van der Waals surface area contributed by atoms with Gasteiger partial charge in [-0.2, -0.15) is 0 Å². The van der Waals surface area contributed by atoms with Crippen molar-refractivity contribution in [2.24, 2.45) is 0 Å². The number of ether oxygens (including phenoxy) is 1. The van der Waals surface area contributed by atoms with Crippen molar-refractivity contribution in [1.29, 1.82) is 0 Å². The zero-order chi connectivity index (χ0) is 20.4. The third-order valence-electron chi connectivity index (χ3n) is 6.00. The van der Waals surface area contributed by atoms with Crippen molar-refractivity contribution in [1.82, 2.24) is 24.8 Å². The van der Waals surface area contributed by atoms with Crippen LogP contribution in [0.1, 0.15) is 55.0 Å². The molecule has 1 saturated heterocycles. The molecule has 0 aromatic carbocycles. The molecule has 1 aliphatic carbocycles. The molecule has 7 heteroatoms. The zero-order valence-corrected chi connectivity index (χ0v) is 17.6. The van der Waals surface area contributed by atoms with Crippen LogP contribution in [0.5, 0.6) is 5.75 Å². The number of aromatic amines is 1. The van der Waals surface area contributed by atoms with E-state index < -0.39 is 0 Å². The maximum absolute atomic E-state index is 13.2. The summed E-state index contributed by atoms with van der Waals surface area (Å²) >= 11 is 0. The fourth-order valence-electron chi connectivity index (χ4n) is 4.34. The number of imidazole rings is 1. The Balaban J connectivity index is 1.37. The van der Waals surface area contributed by atoms with Gasteiger partial charge in [0.15, 0.2) is 0 Å². The number of carbonyl (C=O) groups is 1. The third kappa shape index (κ3) is 4.45. The van der Waals surface area contributed by atoms with Gasteiger partial charge in [-0.3, -0.25) is 9.78 Å². The Labute approximate surface area is 172 Å². The van der Waals surface area contributed by atoms with E-state index in [2.05, 4.69) is 33.8 Å². The van der Waals surface area contributed by atoms with Crippen LogP contribution < -0.4 is 4.74 Å². The number of fused-ring (bicyclic) bond motifs is 1. The van der Waals surface area contributed by atoms with Gasteiger partial charge in [-0.15, -0.1) is 0 Å². The first-order valence-electron chi connectivity index (χ1n) is 10.7. The fourth-order valence-corrected chi connectivity index (χ4v) is 4.34. The van der Waals surface area contributed by atoms with Gasteiger partial charge in [0.2, 0.25) is 5.91 Å². The molecule has 156 valence electrons. The molecule has 1 aliphatic heterocycles. The van der Waals surface area contributed by atoms with E-state index in [0.717, 1.165) is 74.0 Å². The molecular formula is C22H31N5O2. The lowest BCUT2D eigenvalue weighted by Gasteiger charge is -2.25. The quantitative estimate of drug-likeness (QED) is 0.811. The van der Waals surface area contributed by atoms with Gasteiger partial charge in [-0.1, -0.05) is 6.92 Å². The zero-order valence-electron chi connectivity index (χ0n) is 17.6. The summed E-state index contributed by atoms with van der Waals surface area (Å²) < 4.78 is 6.20. The van der Waals surface area contributed by atoms with Crippen LogP contribution in [0, 0.1) is 6.92 Å². The molecule has 1 amide bonds. The highest BCUT2D eigenvalue weighted by Crippen LogP contribution is 2.32. The standard InChI is InChI=1S/C22H31N5O2/c1-4-26(3)13-16-12-17(8-10-23-16)29-18-9-11-27(14-18)22(28)19-6-5-7-20-21(19)25-15(2)24-20/h8,10,12,18-19H,4-7,9,11,13-14H2,1-3H3,(H,24,25). The van der Waals surface area contributed by atoms with E-state index in [1.165, 1.54) is 0 Å². The Morgan fingerprint density at radius 1 is 1.41 bits per heavy atom. The fraction of sp³-hybridized carbons (Fsp3) is 0.591. The van der Waals surface area contributed by atoms with E-state index in [9.17, 15) is 4.79 Å². The smallest absolute Gasteiger partial charge is 0.231 e. The van der Waals surface area contributed by atoms with Crippen LogP contribution in [0.2, 0.25) is 0 Å². The Kier molecular flexibility index (Phi) is 5.85. The lowest BCUT2D eigenvalue weighted by molar-refractivity contribution is -0.132. The summed E-state index contributed by atoms with van der Waals surface area (Å²) in [5.74, 6) is 1.82. The molecule has 2 aromatic heterocycles. The molecule has 7 nitrogen and oxygen atoms in total. The maximum atomic E-state index is 13.2. The summed E-state index contributed by atoms with van der Waals surface area (Å²) in [4.78, 5) is 29.7. The number of H-pyrrole nitrogens is 1. The molecule has 2 unspecified atom stereocenters. The van der Waals surface area contributed by atoms with Gasteiger partial charge in [-0.05, 0) is 45.8 Å². The van der Waals surface area contributed by atoms with Gasteiger partial charge in [0.25, 0.3) is 0 Å². The monoisotopic (exact) mass is 397 g/mol. The number of likely N-dealkylation sites (tertiary alicyclic amines) is 1. The average Bonchev–Trinajstić information content (AvgIpc) is 3.33. The number of aromatic nitrogens is 3. The highest BCUT2D eigenvalue weighted by molar-refractivity contribution is 5.84. The van der Waals surface area contributed by atoms with Crippen molar-refractivity contribution in [2.75, 3.05) is 26.7 Å². The molecule has 29 heavy (non-hydrogen) atoms. The molecule has 3 heterocycles. The number of hydrogen-bond donors (Lipinski definition) is 1. The lowest BCUT2D eigenvalue weighted by Crippen LogP contribution is -2.36. The van der Waals surface area contributed by atoms with Crippen molar-refractivity contribution < 1.29 is 9.53 Å². The van der Waals surface area contributed by atoms with E-state index in [1.54, 1.807) is 6.20 Å². The van der Waals surface area contributed by atoms with E-state index in [-0.39, 0.29) is 17.9 Å². The van der Waals surface area contributed by atoms with Crippen molar-refractivity contribution in [3.63, 3.8) is 0 Å². The van der Waals surface area contributed by atoms with Crippen molar-refractivity contribution in [3.8, 4) is 5.75 Å². The number of carbonyl (C=O) groups excluding carboxylic acids is 1. The first-order chi connectivity index (χ1) is 14.0. The molecule has 2 aliphatic rings. The van der Waals surface area contributed by atoms with E-state index in [4.69, 9.17) is 4.74 Å². The van der Waals surface area contributed by atoms with Crippen molar-refractivity contribution in [2.45, 2.75) is 58.1 Å². The van der Waals surface area contributed by atoms with Crippen LogP contribution in [-0.2, 0) is 17.8 Å². The Bertz CT molecular complexity index is 865. The van der Waals surface area contributed by atoms with Crippen LogP contribution in [-0.4, -0.2) is 63.4 Å². The second-order valence-corrected chi connectivity index (χ2v) is 8.26. The summed E-state index contributed by atoms with van der Waals surface area (Å²) in [6, 6.07) is 3.91. The van der Waals surface area contributed by atoms with Crippen molar-refractivity contribution >= 4 is 5.91 Å².